The van der Waals surface area contributed by atoms with Crippen LogP contribution in [-0.4, -0.2) is 55.5 Å². The molecule has 22 heavy (non-hydrogen) atoms. The van der Waals surface area contributed by atoms with Gasteiger partial charge in [0.05, 0.1) is 38.1 Å². The molecule has 0 spiro atoms. The van der Waals surface area contributed by atoms with Crippen molar-refractivity contribution >= 4 is 40.7 Å². The molecule has 0 bridgehead atoms. The van der Waals surface area contributed by atoms with Crippen LogP contribution in [-0.2, 0) is 4.79 Å². The van der Waals surface area contributed by atoms with Crippen LogP contribution in [0.4, 0.5) is 0 Å². The Labute approximate surface area is 139 Å². The van der Waals surface area contributed by atoms with Crippen LogP contribution in [0.25, 0.3) is 6.08 Å². The molecule has 0 radical (unpaired) electrons. The van der Waals surface area contributed by atoms with E-state index in [0.717, 1.165) is 41.8 Å². The summed E-state index contributed by atoms with van der Waals surface area (Å²) in [6.07, 6.45) is 4.00. The van der Waals surface area contributed by atoms with Gasteiger partial charge in [0, 0.05) is 4.90 Å². The molecule has 1 aromatic carbocycles. The Morgan fingerprint density at radius 2 is 1.95 bits per heavy atom. The average molecular weight is 334 g/mol. The Kier molecular flexibility index (Phi) is 4.90. The first kappa shape index (κ1) is 15.6. The Bertz CT molecular complexity index is 617. The van der Waals surface area contributed by atoms with Crippen LogP contribution in [0.2, 0.25) is 0 Å². The highest BCUT2D eigenvalue weighted by atomic mass is 32.2. The number of carbonyl (C=O) groups is 1. The molecule has 0 unspecified atom stereocenters. The molecule has 0 atom stereocenters. The zero-order chi connectivity index (χ0) is 15.5. The number of amides is 1. The van der Waals surface area contributed by atoms with E-state index in [1.807, 2.05) is 18.2 Å². The largest absolute Gasteiger partial charge is 0.339 e. The normalized spacial score (nSPS) is 21.5. The molecule has 1 fully saturated rings. The minimum Gasteiger partial charge on any atom is -0.339 e. The molecule has 1 aromatic rings. The summed E-state index contributed by atoms with van der Waals surface area (Å²) in [5, 5.41) is 0.865. The number of hydrogen-bond acceptors (Lipinski definition) is 4. The van der Waals surface area contributed by atoms with Crippen LogP contribution in [0.5, 0.6) is 0 Å². The summed E-state index contributed by atoms with van der Waals surface area (Å²) in [4.78, 5) is 22.1. The summed E-state index contributed by atoms with van der Waals surface area (Å²) in [7, 11) is 2.20. The topological polar surface area (TPSA) is 37.1 Å². The van der Waals surface area contributed by atoms with Gasteiger partial charge in [0.1, 0.15) is 0 Å². The summed E-state index contributed by atoms with van der Waals surface area (Å²) in [6.45, 7) is 4.15. The van der Waals surface area contributed by atoms with Gasteiger partial charge in [-0.15, -0.1) is 11.8 Å². The van der Waals surface area contributed by atoms with Gasteiger partial charge in [0.25, 0.3) is 5.91 Å². The fourth-order valence-corrected chi connectivity index (χ4v) is 3.84. The minimum absolute atomic E-state index is 0.111. The molecule has 0 aromatic heterocycles. The van der Waals surface area contributed by atoms with Crippen molar-refractivity contribution in [2.75, 3.05) is 39.5 Å². The summed E-state index contributed by atoms with van der Waals surface area (Å²) in [6, 6.07) is 8.24. The fourth-order valence-electron chi connectivity index (χ4n) is 2.46. The molecule has 2 aliphatic heterocycles. The van der Waals surface area contributed by atoms with Crippen molar-refractivity contribution in [2.24, 2.45) is 4.99 Å². The molecule has 1 N–H and O–H groups in total. The highest BCUT2D eigenvalue weighted by Crippen LogP contribution is 2.30. The van der Waals surface area contributed by atoms with Gasteiger partial charge in [0.15, 0.2) is 5.17 Å². The molecule has 1 saturated heterocycles. The van der Waals surface area contributed by atoms with Crippen LogP contribution >= 0.6 is 23.5 Å². The molecule has 116 valence electrons. The number of benzene rings is 1. The van der Waals surface area contributed by atoms with Crippen molar-refractivity contribution in [1.29, 1.82) is 0 Å². The quantitative estimate of drug-likeness (QED) is 0.652. The number of carbonyl (C=O) groups excluding carboxylic acids is 1. The SMILES string of the molecule is CSc1ccc(/C=C2\SC(N3CC[NH+](C)CC3)=NC2=O)cc1. The van der Waals surface area contributed by atoms with Crippen LogP contribution in [0.3, 0.4) is 0 Å². The number of amidine groups is 1. The number of quaternary nitrogens is 1. The maximum atomic E-state index is 12.1. The highest BCUT2D eigenvalue weighted by molar-refractivity contribution is 8.18. The Hall–Kier alpha value is -1.24. The minimum atomic E-state index is -0.111. The van der Waals surface area contributed by atoms with Crippen molar-refractivity contribution in [2.45, 2.75) is 4.90 Å². The van der Waals surface area contributed by atoms with E-state index in [2.05, 4.69) is 35.3 Å². The van der Waals surface area contributed by atoms with E-state index >= 15 is 0 Å². The van der Waals surface area contributed by atoms with Crippen molar-refractivity contribution in [3.8, 4) is 0 Å². The van der Waals surface area contributed by atoms with Gasteiger partial charge >= 0.3 is 0 Å². The van der Waals surface area contributed by atoms with Gasteiger partial charge in [-0.3, -0.25) is 4.79 Å². The number of piperazine rings is 1. The van der Waals surface area contributed by atoms with E-state index in [-0.39, 0.29) is 5.91 Å². The van der Waals surface area contributed by atoms with Gasteiger partial charge in [-0.05, 0) is 41.8 Å². The maximum absolute atomic E-state index is 12.1. The lowest BCUT2D eigenvalue weighted by Crippen LogP contribution is -3.12. The number of nitrogens with one attached hydrogen (secondary N) is 1. The van der Waals surface area contributed by atoms with Crippen molar-refractivity contribution in [1.82, 2.24) is 4.90 Å². The van der Waals surface area contributed by atoms with Crippen LogP contribution in [0.15, 0.2) is 39.1 Å². The van der Waals surface area contributed by atoms with Crippen LogP contribution in [0.1, 0.15) is 5.56 Å². The Morgan fingerprint density at radius 3 is 2.59 bits per heavy atom. The molecule has 2 aliphatic rings. The smallest absolute Gasteiger partial charge is 0.286 e. The number of thioether (sulfide) groups is 2. The first-order valence-electron chi connectivity index (χ1n) is 7.38. The second kappa shape index (κ2) is 6.89. The van der Waals surface area contributed by atoms with Gasteiger partial charge in [-0.25, -0.2) is 0 Å². The number of nitrogens with zero attached hydrogens (tertiary/aromatic N) is 2. The molecule has 0 saturated carbocycles. The summed E-state index contributed by atoms with van der Waals surface area (Å²) >= 11 is 3.22. The lowest BCUT2D eigenvalue weighted by molar-refractivity contribution is -0.883. The Balaban J connectivity index is 1.69. The fraction of sp³-hybridized carbons (Fsp3) is 0.375. The molecule has 0 aliphatic carbocycles. The van der Waals surface area contributed by atoms with Gasteiger partial charge in [-0.1, -0.05) is 12.1 Å². The maximum Gasteiger partial charge on any atom is 0.286 e. The first-order chi connectivity index (χ1) is 10.7. The van der Waals surface area contributed by atoms with Crippen LogP contribution in [0, 0.1) is 0 Å². The second-order valence-electron chi connectivity index (χ2n) is 5.53. The second-order valence-corrected chi connectivity index (χ2v) is 7.42. The standard InChI is InChI=1S/C16H19N3OS2/c1-18-7-9-19(10-8-18)16-17-15(20)14(22-16)11-12-3-5-13(21-2)6-4-12/h3-6,11H,7-10H2,1-2H3/p+1/b14-11-. The summed E-state index contributed by atoms with van der Waals surface area (Å²) in [5.74, 6) is -0.111. The van der Waals surface area contributed by atoms with E-state index in [4.69, 9.17) is 0 Å². The molecule has 3 rings (SSSR count). The lowest BCUT2D eigenvalue weighted by Gasteiger charge is -2.30. The van der Waals surface area contributed by atoms with E-state index in [0.29, 0.717) is 0 Å². The van der Waals surface area contributed by atoms with Gasteiger partial charge in [-0.2, -0.15) is 4.99 Å². The number of aliphatic imine (C=N–C) groups is 1. The Morgan fingerprint density at radius 1 is 1.27 bits per heavy atom. The molecular weight excluding hydrogens is 314 g/mol. The zero-order valence-electron chi connectivity index (χ0n) is 12.8. The van der Waals surface area contributed by atoms with Gasteiger partial charge < -0.3 is 9.80 Å². The third kappa shape index (κ3) is 3.56. The molecule has 4 nitrogen and oxygen atoms in total. The first-order valence-corrected chi connectivity index (χ1v) is 9.43. The number of likely N-dealkylation sites (N-methyl/N-ethyl adjacent to an activating group) is 1. The number of hydrogen-bond donors (Lipinski definition) is 1. The van der Waals surface area contributed by atoms with Crippen molar-refractivity contribution in [3.05, 3.63) is 34.7 Å². The average Bonchev–Trinajstić information content (AvgIpc) is 2.90. The van der Waals surface area contributed by atoms with E-state index in [9.17, 15) is 4.79 Å². The lowest BCUT2D eigenvalue weighted by atomic mass is 10.2. The zero-order valence-corrected chi connectivity index (χ0v) is 14.5. The predicted molar refractivity (Wildman–Crippen MR) is 94.4 cm³/mol. The molecule has 1 amide bonds. The van der Waals surface area contributed by atoms with Crippen molar-refractivity contribution < 1.29 is 9.69 Å². The predicted octanol–water partition coefficient (Wildman–Crippen LogP) is 1.21. The summed E-state index contributed by atoms with van der Waals surface area (Å²) < 4.78 is 0. The third-order valence-electron chi connectivity index (χ3n) is 3.91. The number of rotatable bonds is 2. The van der Waals surface area contributed by atoms with Gasteiger partial charge in [0.2, 0.25) is 0 Å². The van der Waals surface area contributed by atoms with Crippen molar-refractivity contribution in [3.63, 3.8) is 0 Å². The molecular formula is C16H20N3OS2+. The highest BCUT2D eigenvalue weighted by Gasteiger charge is 2.28. The molecule has 6 heteroatoms. The van der Waals surface area contributed by atoms with E-state index in [1.165, 1.54) is 21.6 Å². The van der Waals surface area contributed by atoms with Crippen LogP contribution < -0.4 is 4.90 Å². The van der Waals surface area contributed by atoms with E-state index in [1.54, 1.807) is 11.8 Å². The van der Waals surface area contributed by atoms with E-state index < -0.39 is 0 Å². The third-order valence-corrected chi connectivity index (χ3v) is 5.70. The molecule has 2 heterocycles. The monoisotopic (exact) mass is 334 g/mol. The summed E-state index contributed by atoms with van der Waals surface area (Å²) in [5.41, 5.74) is 1.05.